The molecule has 0 spiro atoms. The van der Waals surface area contributed by atoms with Crippen molar-refractivity contribution in [2.24, 2.45) is 0 Å². The number of nitrogens with one attached hydrogen (secondary N) is 1. The summed E-state index contributed by atoms with van der Waals surface area (Å²) in [5.41, 5.74) is 3.85. The zero-order valence-electron chi connectivity index (χ0n) is 14.3. The van der Waals surface area contributed by atoms with E-state index in [2.05, 4.69) is 53.4 Å². The third kappa shape index (κ3) is 3.15. The molecule has 0 aliphatic carbocycles. The van der Waals surface area contributed by atoms with Gasteiger partial charge in [-0.25, -0.2) is 4.98 Å². The molecule has 0 atom stereocenters. The Morgan fingerprint density at radius 3 is 2.58 bits per heavy atom. The van der Waals surface area contributed by atoms with Crippen molar-refractivity contribution in [2.75, 3.05) is 5.32 Å². The van der Waals surface area contributed by atoms with Gasteiger partial charge in [0.25, 0.3) is 5.56 Å². The predicted molar refractivity (Wildman–Crippen MR) is 97.3 cm³/mol. The Balaban J connectivity index is 1.87. The number of hydrogen-bond donors (Lipinski definition) is 1. The van der Waals surface area contributed by atoms with Crippen molar-refractivity contribution in [3.8, 4) is 0 Å². The standard InChI is InChI=1S/C19H22N4O/c1-4-23-17-12-20-10-9-16(17)22-18(19(23)24)21-11-14-5-7-15(8-6-14)13(2)3/h5-10,12-13H,4,11H2,1-3H3,(H,21,22). The first-order chi connectivity index (χ1) is 11.6. The second-order valence-corrected chi connectivity index (χ2v) is 6.12. The molecule has 0 amide bonds. The number of benzene rings is 1. The van der Waals surface area contributed by atoms with Gasteiger partial charge in [0.1, 0.15) is 0 Å². The fraction of sp³-hybridized carbons (Fsp3) is 0.316. The van der Waals surface area contributed by atoms with E-state index in [-0.39, 0.29) is 5.56 Å². The van der Waals surface area contributed by atoms with Gasteiger partial charge in [-0.2, -0.15) is 0 Å². The lowest BCUT2D eigenvalue weighted by atomic mass is 10.0. The van der Waals surface area contributed by atoms with Crippen LogP contribution in [0.15, 0.2) is 47.5 Å². The maximum Gasteiger partial charge on any atom is 0.293 e. The van der Waals surface area contributed by atoms with Crippen molar-refractivity contribution < 1.29 is 0 Å². The van der Waals surface area contributed by atoms with Gasteiger partial charge >= 0.3 is 0 Å². The molecule has 5 heteroatoms. The molecular formula is C19H22N4O. The van der Waals surface area contributed by atoms with Crippen LogP contribution in [0.2, 0.25) is 0 Å². The SMILES string of the molecule is CCn1c(=O)c(NCc2ccc(C(C)C)cc2)nc2ccncc21. The van der Waals surface area contributed by atoms with Crippen LogP contribution in [0.3, 0.4) is 0 Å². The fourth-order valence-electron chi connectivity index (χ4n) is 2.72. The lowest BCUT2D eigenvalue weighted by molar-refractivity contribution is 0.752. The van der Waals surface area contributed by atoms with Gasteiger partial charge in [0.2, 0.25) is 0 Å². The summed E-state index contributed by atoms with van der Waals surface area (Å²) >= 11 is 0. The Morgan fingerprint density at radius 1 is 1.17 bits per heavy atom. The molecule has 0 aliphatic heterocycles. The van der Waals surface area contributed by atoms with Crippen LogP contribution in [0.4, 0.5) is 5.82 Å². The van der Waals surface area contributed by atoms with E-state index < -0.39 is 0 Å². The normalized spacial score (nSPS) is 11.2. The van der Waals surface area contributed by atoms with E-state index in [0.29, 0.717) is 24.8 Å². The molecule has 0 bridgehead atoms. The second-order valence-electron chi connectivity index (χ2n) is 6.12. The number of aromatic nitrogens is 3. The molecule has 24 heavy (non-hydrogen) atoms. The van der Waals surface area contributed by atoms with Crippen molar-refractivity contribution in [1.29, 1.82) is 0 Å². The molecule has 0 radical (unpaired) electrons. The van der Waals surface area contributed by atoms with Crippen LogP contribution in [0.5, 0.6) is 0 Å². The average molecular weight is 322 g/mol. The molecule has 3 rings (SSSR count). The van der Waals surface area contributed by atoms with Crippen molar-refractivity contribution >= 4 is 16.9 Å². The summed E-state index contributed by atoms with van der Waals surface area (Å²) in [6.07, 6.45) is 3.37. The topological polar surface area (TPSA) is 59.8 Å². The van der Waals surface area contributed by atoms with E-state index in [0.717, 1.165) is 16.6 Å². The number of fused-ring (bicyclic) bond motifs is 1. The minimum absolute atomic E-state index is 0.114. The second kappa shape index (κ2) is 6.83. The molecular weight excluding hydrogens is 300 g/mol. The van der Waals surface area contributed by atoms with Gasteiger partial charge in [-0.3, -0.25) is 9.78 Å². The predicted octanol–water partition coefficient (Wildman–Crippen LogP) is 3.55. The number of aryl methyl sites for hydroxylation is 1. The molecule has 1 N–H and O–H groups in total. The largest absolute Gasteiger partial charge is 0.361 e. The molecule has 2 heterocycles. The summed E-state index contributed by atoms with van der Waals surface area (Å²) in [4.78, 5) is 21.1. The molecule has 2 aromatic heterocycles. The van der Waals surface area contributed by atoms with E-state index in [1.165, 1.54) is 5.56 Å². The number of hydrogen-bond acceptors (Lipinski definition) is 4. The highest BCUT2D eigenvalue weighted by atomic mass is 16.1. The molecule has 3 aromatic rings. The van der Waals surface area contributed by atoms with Gasteiger partial charge in [0.05, 0.1) is 17.2 Å². The maximum atomic E-state index is 12.6. The third-order valence-corrected chi connectivity index (χ3v) is 4.17. The quantitative estimate of drug-likeness (QED) is 0.780. The number of pyridine rings is 1. The van der Waals surface area contributed by atoms with Crippen molar-refractivity contribution in [3.05, 3.63) is 64.2 Å². The molecule has 1 aromatic carbocycles. The van der Waals surface area contributed by atoms with Crippen LogP contribution < -0.4 is 10.9 Å². The summed E-state index contributed by atoms with van der Waals surface area (Å²) in [6, 6.07) is 10.3. The minimum atomic E-state index is -0.114. The van der Waals surface area contributed by atoms with Gasteiger partial charge in [-0.1, -0.05) is 38.1 Å². The Kier molecular flexibility index (Phi) is 4.60. The maximum absolute atomic E-state index is 12.6. The zero-order chi connectivity index (χ0) is 17.1. The first-order valence-corrected chi connectivity index (χ1v) is 8.27. The Bertz CT molecular complexity index is 897. The Labute approximate surface area is 141 Å². The highest BCUT2D eigenvalue weighted by molar-refractivity contribution is 5.75. The van der Waals surface area contributed by atoms with Crippen LogP contribution in [-0.4, -0.2) is 14.5 Å². The van der Waals surface area contributed by atoms with Crippen molar-refractivity contribution in [3.63, 3.8) is 0 Å². The molecule has 0 saturated carbocycles. The number of anilines is 1. The van der Waals surface area contributed by atoms with E-state index in [9.17, 15) is 4.79 Å². The molecule has 0 unspecified atom stereocenters. The third-order valence-electron chi connectivity index (χ3n) is 4.17. The van der Waals surface area contributed by atoms with E-state index in [4.69, 9.17) is 0 Å². The molecule has 0 aliphatic rings. The van der Waals surface area contributed by atoms with Crippen LogP contribution >= 0.6 is 0 Å². The lowest BCUT2D eigenvalue weighted by Gasteiger charge is -2.12. The molecule has 0 fully saturated rings. The summed E-state index contributed by atoms with van der Waals surface area (Å²) < 4.78 is 1.69. The van der Waals surface area contributed by atoms with Gasteiger partial charge < -0.3 is 9.88 Å². The Morgan fingerprint density at radius 2 is 1.92 bits per heavy atom. The minimum Gasteiger partial charge on any atom is -0.361 e. The van der Waals surface area contributed by atoms with Crippen molar-refractivity contribution in [2.45, 2.75) is 39.8 Å². The number of rotatable bonds is 5. The highest BCUT2D eigenvalue weighted by Gasteiger charge is 2.10. The first-order valence-electron chi connectivity index (χ1n) is 8.27. The van der Waals surface area contributed by atoms with Crippen LogP contribution in [0.1, 0.15) is 37.8 Å². The van der Waals surface area contributed by atoms with E-state index in [1.54, 1.807) is 17.0 Å². The lowest BCUT2D eigenvalue weighted by Crippen LogP contribution is -2.25. The van der Waals surface area contributed by atoms with Crippen LogP contribution in [0, 0.1) is 0 Å². The summed E-state index contributed by atoms with van der Waals surface area (Å²) in [6.45, 7) is 7.45. The molecule has 0 saturated heterocycles. The first kappa shape index (κ1) is 16.2. The van der Waals surface area contributed by atoms with E-state index in [1.807, 2.05) is 13.0 Å². The van der Waals surface area contributed by atoms with Gasteiger partial charge in [0.15, 0.2) is 5.82 Å². The van der Waals surface area contributed by atoms with Crippen molar-refractivity contribution in [1.82, 2.24) is 14.5 Å². The van der Waals surface area contributed by atoms with E-state index >= 15 is 0 Å². The smallest absolute Gasteiger partial charge is 0.293 e. The molecule has 5 nitrogen and oxygen atoms in total. The zero-order valence-corrected chi connectivity index (χ0v) is 14.3. The van der Waals surface area contributed by atoms with Crippen LogP contribution in [-0.2, 0) is 13.1 Å². The number of nitrogens with zero attached hydrogens (tertiary/aromatic N) is 3. The summed E-state index contributed by atoms with van der Waals surface area (Å²) in [5.74, 6) is 0.892. The van der Waals surface area contributed by atoms with Gasteiger partial charge in [-0.15, -0.1) is 0 Å². The summed E-state index contributed by atoms with van der Waals surface area (Å²) in [5, 5.41) is 3.18. The monoisotopic (exact) mass is 322 g/mol. The van der Waals surface area contributed by atoms with Crippen LogP contribution in [0.25, 0.3) is 11.0 Å². The Hall–Kier alpha value is -2.69. The summed E-state index contributed by atoms with van der Waals surface area (Å²) in [7, 11) is 0. The van der Waals surface area contributed by atoms with Gasteiger partial charge in [-0.05, 0) is 30.0 Å². The van der Waals surface area contributed by atoms with Gasteiger partial charge in [0, 0.05) is 19.3 Å². The molecule has 124 valence electrons. The highest BCUT2D eigenvalue weighted by Crippen LogP contribution is 2.15. The average Bonchev–Trinajstić information content (AvgIpc) is 2.60. The fourth-order valence-corrected chi connectivity index (χ4v) is 2.72.